The highest BCUT2D eigenvalue weighted by atomic mass is 35.5. The molecule has 11 nitrogen and oxygen atoms in total. The summed E-state index contributed by atoms with van der Waals surface area (Å²) >= 11 is 13.9. The zero-order chi connectivity index (χ0) is 33.2. The highest BCUT2D eigenvalue weighted by Gasteiger charge is 2.51. The predicted molar refractivity (Wildman–Crippen MR) is 179 cm³/mol. The highest BCUT2D eigenvalue weighted by Crippen LogP contribution is 2.49. The molecule has 0 radical (unpaired) electrons. The van der Waals surface area contributed by atoms with Crippen LogP contribution in [0.3, 0.4) is 0 Å². The molecule has 2 aliphatic heterocycles. The first-order valence-corrected chi connectivity index (χ1v) is 16.0. The fourth-order valence-electron chi connectivity index (χ4n) is 7.18. The number of aryl methyl sites for hydroxylation is 2. The second-order valence-electron chi connectivity index (χ2n) is 12.6. The molecule has 2 aromatic heterocycles. The predicted octanol–water partition coefficient (Wildman–Crippen LogP) is 4.19. The normalized spacial score (nSPS) is 18.1. The van der Waals surface area contributed by atoms with E-state index >= 15 is 0 Å². The highest BCUT2D eigenvalue weighted by molar-refractivity contribution is 6.39. The summed E-state index contributed by atoms with van der Waals surface area (Å²) in [5, 5.41) is 6.34. The summed E-state index contributed by atoms with van der Waals surface area (Å²) in [6, 6.07) is 13.0. The van der Waals surface area contributed by atoms with Gasteiger partial charge in [0, 0.05) is 80.1 Å². The third-order valence-electron chi connectivity index (χ3n) is 9.54. The first-order chi connectivity index (χ1) is 22.5. The van der Waals surface area contributed by atoms with Crippen LogP contribution in [0.4, 0.5) is 5.69 Å². The average Bonchev–Trinajstić information content (AvgIpc) is 3.65. The number of hydrogen-bond donors (Lipinski definition) is 2. The number of halogens is 2. The topological polar surface area (TPSA) is 128 Å². The molecule has 3 aliphatic rings. The minimum atomic E-state index is -0.714. The quantitative estimate of drug-likeness (QED) is 0.314. The average molecular weight is 676 g/mol. The summed E-state index contributed by atoms with van der Waals surface area (Å²) in [4.78, 5) is 57.0. The van der Waals surface area contributed by atoms with E-state index < -0.39 is 17.2 Å². The van der Waals surface area contributed by atoms with Crippen LogP contribution >= 0.6 is 23.2 Å². The lowest BCUT2D eigenvalue weighted by atomic mass is 9.77. The van der Waals surface area contributed by atoms with Crippen LogP contribution in [0.1, 0.15) is 40.4 Å². The van der Waals surface area contributed by atoms with Crippen LogP contribution in [0, 0.1) is 5.41 Å². The number of methoxy groups -OCH3 is 1. The Labute approximate surface area is 280 Å². The number of hydrogen-bond acceptors (Lipinski definition) is 7. The van der Waals surface area contributed by atoms with Crippen LogP contribution in [-0.2, 0) is 25.3 Å². The summed E-state index contributed by atoms with van der Waals surface area (Å²) in [5.41, 5.74) is 3.69. The van der Waals surface area contributed by atoms with E-state index in [1.54, 1.807) is 25.3 Å². The molecular formula is C34H32Cl2N6O5. The molecule has 1 aliphatic carbocycles. The van der Waals surface area contributed by atoms with Gasteiger partial charge in [-0.2, -0.15) is 0 Å². The maximum absolute atomic E-state index is 13.1. The Balaban J connectivity index is 1.18. The number of carbonyl (C=O) groups is 2. The molecule has 2 fully saturated rings. The monoisotopic (exact) mass is 674 g/mol. The fraction of sp³-hybridized carbons (Fsp3) is 0.324. The Morgan fingerprint density at radius 2 is 1.74 bits per heavy atom. The van der Waals surface area contributed by atoms with Crippen LogP contribution in [0.5, 0.6) is 5.88 Å². The molecule has 47 heavy (non-hydrogen) atoms. The van der Waals surface area contributed by atoms with Gasteiger partial charge in [-0.05, 0) is 30.5 Å². The van der Waals surface area contributed by atoms with Gasteiger partial charge in [0.05, 0.1) is 28.5 Å². The van der Waals surface area contributed by atoms with E-state index in [0.29, 0.717) is 39.7 Å². The van der Waals surface area contributed by atoms with Crippen LogP contribution < -0.4 is 26.6 Å². The maximum Gasteiger partial charge on any atom is 0.330 e. The van der Waals surface area contributed by atoms with Gasteiger partial charge in [0.25, 0.3) is 11.5 Å². The minimum Gasteiger partial charge on any atom is -0.481 e. The van der Waals surface area contributed by atoms with E-state index in [4.69, 9.17) is 32.9 Å². The second kappa shape index (κ2) is 11.7. The number of rotatable bonds is 6. The summed E-state index contributed by atoms with van der Waals surface area (Å²) in [6.45, 7) is 2.48. The molecular weight excluding hydrogens is 643 g/mol. The lowest BCUT2D eigenvalue weighted by Gasteiger charge is -2.50. The number of nitrogens with one attached hydrogen (secondary N) is 2. The molecule has 0 unspecified atom stereocenters. The number of nitrogens with zero attached hydrogens (tertiary/aromatic N) is 4. The van der Waals surface area contributed by atoms with Gasteiger partial charge in [-0.15, -0.1) is 0 Å². The smallest absolute Gasteiger partial charge is 0.330 e. The van der Waals surface area contributed by atoms with Gasteiger partial charge >= 0.3 is 5.69 Å². The summed E-state index contributed by atoms with van der Waals surface area (Å²) < 4.78 is 7.88. The zero-order valence-electron chi connectivity index (χ0n) is 26.0. The zero-order valence-corrected chi connectivity index (χ0v) is 27.5. The lowest BCUT2D eigenvalue weighted by Crippen LogP contribution is -2.58. The third-order valence-corrected chi connectivity index (χ3v) is 10.4. The van der Waals surface area contributed by atoms with E-state index in [1.165, 1.54) is 24.9 Å². The van der Waals surface area contributed by atoms with Crippen molar-refractivity contribution < 1.29 is 14.3 Å². The molecule has 1 spiro atoms. The van der Waals surface area contributed by atoms with Gasteiger partial charge in [-0.25, -0.2) is 9.78 Å². The molecule has 2 aromatic carbocycles. The van der Waals surface area contributed by atoms with Crippen molar-refractivity contribution in [3.05, 3.63) is 96.2 Å². The molecule has 242 valence electrons. The van der Waals surface area contributed by atoms with Gasteiger partial charge in [-0.1, -0.05) is 53.5 Å². The molecule has 2 amide bonds. The Morgan fingerprint density at radius 1 is 1.04 bits per heavy atom. The number of aromatic nitrogens is 3. The largest absolute Gasteiger partial charge is 0.481 e. The summed E-state index contributed by atoms with van der Waals surface area (Å²) in [7, 11) is 4.40. The van der Waals surface area contributed by atoms with Crippen LogP contribution in [0.15, 0.2) is 58.3 Å². The molecule has 7 rings (SSSR count). The van der Waals surface area contributed by atoms with E-state index in [2.05, 4.69) is 21.6 Å². The number of pyridine rings is 1. The number of carbonyl (C=O) groups excluding carboxylic acids is 2. The van der Waals surface area contributed by atoms with Gasteiger partial charge < -0.3 is 19.9 Å². The molecule has 13 heteroatoms. The molecule has 2 N–H and O–H groups in total. The van der Waals surface area contributed by atoms with Gasteiger partial charge in [0.15, 0.2) is 0 Å². The molecule has 4 aromatic rings. The van der Waals surface area contributed by atoms with Gasteiger partial charge in [0.2, 0.25) is 11.8 Å². The standard InChI is InChI=1S/C34H32Cl2N6O5/c1-40-14-22(32(45)41(2)33(40)46)30(44)38-23-9-5-7-20(29(23)36)19-6-4-8-21(28(19)35)24-12-18-10-11-25(27(18)31(39-24)47-3)42-16-34(17-42)13-26(43)37-15-34/h4-9,12,14,25H,10-11,13,15-17H2,1-3H3,(H,37,43)(H,38,44)/t25-/m0/s1. The Hall–Kier alpha value is -4.45. The molecule has 0 saturated carbocycles. The Morgan fingerprint density at radius 3 is 2.45 bits per heavy atom. The number of amides is 2. The second-order valence-corrected chi connectivity index (χ2v) is 13.3. The number of fused-ring (bicyclic) bond motifs is 1. The Bertz CT molecular complexity index is 2100. The van der Waals surface area contributed by atoms with E-state index in [9.17, 15) is 19.2 Å². The van der Waals surface area contributed by atoms with Crippen LogP contribution in [-0.4, -0.2) is 57.6 Å². The van der Waals surface area contributed by atoms with Crippen molar-refractivity contribution in [3.63, 3.8) is 0 Å². The summed E-state index contributed by atoms with van der Waals surface area (Å²) in [5.74, 6) is -0.00408. The van der Waals surface area contributed by atoms with Crippen molar-refractivity contribution in [1.29, 1.82) is 0 Å². The van der Waals surface area contributed by atoms with E-state index in [1.807, 2.05) is 18.2 Å². The Kier molecular flexibility index (Phi) is 7.73. The number of anilines is 1. The SMILES string of the molecule is COc1nc(-c2cccc(-c3cccc(NC(=O)c4cn(C)c(=O)n(C)c4=O)c3Cl)c2Cl)cc2c1[C@@H](N1CC3(CNC(=O)C3)C1)CC2. The first kappa shape index (κ1) is 31.2. The third kappa shape index (κ3) is 5.22. The number of benzene rings is 2. The minimum absolute atomic E-state index is 0.0359. The van der Waals surface area contributed by atoms with Gasteiger partial charge in [0.1, 0.15) is 5.56 Å². The van der Waals surface area contributed by atoms with Gasteiger partial charge in [-0.3, -0.25) is 23.9 Å². The maximum atomic E-state index is 13.1. The first-order valence-electron chi connectivity index (χ1n) is 15.2. The fourth-order valence-corrected chi connectivity index (χ4v) is 7.78. The summed E-state index contributed by atoms with van der Waals surface area (Å²) in [6.07, 6.45) is 3.60. The van der Waals surface area contributed by atoms with Crippen molar-refractivity contribution >= 4 is 40.7 Å². The van der Waals surface area contributed by atoms with Crippen molar-refractivity contribution in [1.82, 2.24) is 24.3 Å². The van der Waals surface area contributed by atoms with E-state index in [0.717, 1.165) is 48.2 Å². The van der Waals surface area contributed by atoms with Crippen LogP contribution in [0.2, 0.25) is 10.0 Å². The molecule has 0 bridgehead atoms. The molecule has 2 saturated heterocycles. The van der Waals surface area contributed by atoms with Crippen molar-refractivity contribution in [2.45, 2.75) is 25.3 Å². The number of likely N-dealkylation sites (tertiary alicyclic amines) is 1. The van der Waals surface area contributed by atoms with Crippen molar-refractivity contribution in [3.8, 4) is 28.3 Å². The number of ether oxygens (including phenoxy) is 1. The van der Waals surface area contributed by atoms with Crippen molar-refractivity contribution in [2.24, 2.45) is 19.5 Å². The lowest BCUT2D eigenvalue weighted by molar-refractivity contribution is -0.121. The van der Waals surface area contributed by atoms with Crippen molar-refractivity contribution in [2.75, 3.05) is 32.1 Å². The van der Waals surface area contributed by atoms with Crippen LogP contribution in [0.25, 0.3) is 22.4 Å². The molecule has 1 atom stereocenters. The molecule has 4 heterocycles. The van der Waals surface area contributed by atoms with E-state index in [-0.39, 0.29) is 33.6 Å².